The Kier molecular flexibility index (Phi) is 6.53. The lowest BCUT2D eigenvalue weighted by molar-refractivity contribution is -0.454. The van der Waals surface area contributed by atoms with Crippen molar-refractivity contribution in [1.82, 2.24) is 0 Å². The summed E-state index contributed by atoms with van der Waals surface area (Å²) in [5.41, 5.74) is 0. The molecule has 29 heavy (non-hydrogen) atoms. The van der Waals surface area contributed by atoms with E-state index in [4.69, 9.17) is 0 Å². The Labute approximate surface area is 145 Å². The Morgan fingerprint density at radius 3 is 0.897 bits per heavy atom. The predicted molar refractivity (Wildman–Crippen MR) is 51.0 cm³/mol. The van der Waals surface area contributed by atoms with Crippen LogP contribution in [0.5, 0.6) is 0 Å². The first kappa shape index (κ1) is 27.7. The van der Waals surface area contributed by atoms with Gasteiger partial charge < -0.3 is 0 Å². The van der Waals surface area contributed by atoms with Crippen molar-refractivity contribution < 1.29 is 83.4 Å². The molecular weight excluding hydrogens is 481 g/mol. The highest BCUT2D eigenvalue weighted by molar-refractivity contribution is 5.17. The van der Waals surface area contributed by atoms with Gasteiger partial charge in [0.15, 0.2) is 6.67 Å². The van der Waals surface area contributed by atoms with E-state index in [-0.39, 0.29) is 0 Å². The first-order chi connectivity index (χ1) is 12.3. The summed E-state index contributed by atoms with van der Waals surface area (Å²) < 4.78 is 240. The SMILES string of the molecule is FCC(F)(F)C(F)(F)C(F)(F)C(F)(F)C(F)(F)C(F)(F)C(F)(F)C(F)(F)[C](F)F. The molecule has 19 heteroatoms. The minimum absolute atomic E-state index is 4.00. The van der Waals surface area contributed by atoms with Crippen LogP contribution < -0.4 is 0 Å². The quantitative estimate of drug-likeness (QED) is 0.330. The molecule has 0 aromatic heterocycles. The molecule has 0 saturated heterocycles. The molecule has 0 spiro atoms. The van der Waals surface area contributed by atoms with Crippen molar-refractivity contribution >= 4 is 0 Å². The zero-order valence-electron chi connectivity index (χ0n) is 12.4. The zero-order chi connectivity index (χ0) is 24.3. The second kappa shape index (κ2) is 6.84. The van der Waals surface area contributed by atoms with E-state index in [9.17, 15) is 83.4 Å². The van der Waals surface area contributed by atoms with Gasteiger partial charge >= 0.3 is 53.8 Å². The van der Waals surface area contributed by atoms with Crippen molar-refractivity contribution in [2.45, 2.75) is 47.4 Å². The van der Waals surface area contributed by atoms with Gasteiger partial charge in [0.1, 0.15) is 0 Å². The molecule has 0 rings (SSSR count). The molecule has 0 fully saturated rings. The maximum Gasteiger partial charge on any atom is 0.385 e. The van der Waals surface area contributed by atoms with Gasteiger partial charge in [0.05, 0.1) is 0 Å². The third-order valence-corrected chi connectivity index (χ3v) is 3.23. The molecule has 0 N–H and O–H groups in total. The van der Waals surface area contributed by atoms with Gasteiger partial charge in [-0.05, 0) is 0 Å². The fraction of sp³-hybridized carbons (Fsp3) is 0.900. The van der Waals surface area contributed by atoms with Crippen LogP contribution in [0.3, 0.4) is 0 Å². The molecule has 0 aliphatic carbocycles. The average molecular weight is 483 g/mol. The molecule has 0 nitrogen and oxygen atoms in total. The lowest BCUT2D eigenvalue weighted by Gasteiger charge is -2.43. The second-order valence-corrected chi connectivity index (χ2v) is 5.12. The largest absolute Gasteiger partial charge is 0.385 e. The molecule has 0 amide bonds. The van der Waals surface area contributed by atoms with Crippen molar-refractivity contribution in [3.8, 4) is 0 Å². The highest BCUT2D eigenvalue weighted by atomic mass is 19.4. The van der Waals surface area contributed by atoms with Crippen molar-refractivity contribution in [3.63, 3.8) is 0 Å². The summed E-state index contributed by atoms with van der Waals surface area (Å²) in [6, 6.07) is 0. The standard InChI is InChI=1S/C10H2F19/c11-1-3(14,15)5(18,19)7(22,23)9(26,27)10(28,29)8(24,25)6(20,21)4(16,17)2(12)13/h1H2. The lowest BCUT2D eigenvalue weighted by atomic mass is 9.88. The second-order valence-electron chi connectivity index (χ2n) is 5.12. The summed E-state index contributed by atoms with van der Waals surface area (Å²) >= 11 is 0. The van der Waals surface area contributed by atoms with Crippen LogP contribution in [0.2, 0.25) is 0 Å². The minimum atomic E-state index is -8.80. The summed E-state index contributed by atoms with van der Waals surface area (Å²) in [6.07, 6.45) is -5.12. The first-order valence-electron chi connectivity index (χ1n) is 6.02. The molecule has 175 valence electrons. The van der Waals surface area contributed by atoms with Crippen LogP contribution in [-0.4, -0.2) is 54.1 Å². The molecule has 0 aromatic rings. The van der Waals surface area contributed by atoms with Crippen LogP contribution in [0.1, 0.15) is 0 Å². The number of alkyl halides is 17. The van der Waals surface area contributed by atoms with Gasteiger partial charge in [-0.25, -0.2) is 4.39 Å². The van der Waals surface area contributed by atoms with Gasteiger partial charge in [-0.1, -0.05) is 0 Å². The van der Waals surface area contributed by atoms with E-state index in [0.717, 1.165) is 0 Å². The van der Waals surface area contributed by atoms with Gasteiger partial charge in [-0.15, -0.1) is 0 Å². The van der Waals surface area contributed by atoms with E-state index in [2.05, 4.69) is 0 Å². The maximum absolute atomic E-state index is 13.1. The average Bonchev–Trinajstić information content (AvgIpc) is 2.53. The maximum atomic E-state index is 13.1. The monoisotopic (exact) mass is 483 g/mol. The molecule has 0 heterocycles. The van der Waals surface area contributed by atoms with Crippen molar-refractivity contribution in [3.05, 3.63) is 6.43 Å². The van der Waals surface area contributed by atoms with E-state index in [0.29, 0.717) is 0 Å². The Morgan fingerprint density at radius 2 is 0.655 bits per heavy atom. The first-order valence-corrected chi connectivity index (χ1v) is 6.02. The van der Waals surface area contributed by atoms with Gasteiger partial charge in [0.25, 0.3) is 0 Å². The van der Waals surface area contributed by atoms with E-state index >= 15 is 0 Å². The third kappa shape index (κ3) is 3.25. The summed E-state index contributed by atoms with van der Waals surface area (Å²) in [7, 11) is 0. The molecular formula is C10H2F19. The lowest BCUT2D eigenvalue weighted by Crippen LogP contribution is -2.75. The Balaban J connectivity index is 6.76. The number of halogens is 19. The van der Waals surface area contributed by atoms with Crippen LogP contribution in [0.4, 0.5) is 83.4 Å². The molecule has 0 saturated carbocycles. The van der Waals surface area contributed by atoms with Crippen molar-refractivity contribution in [2.24, 2.45) is 0 Å². The van der Waals surface area contributed by atoms with E-state index in [1.54, 1.807) is 0 Å². The highest BCUT2D eigenvalue weighted by Crippen LogP contribution is 2.64. The van der Waals surface area contributed by atoms with Crippen LogP contribution >= 0.6 is 0 Å². The van der Waals surface area contributed by atoms with Crippen molar-refractivity contribution in [2.75, 3.05) is 6.67 Å². The number of hydrogen-bond acceptors (Lipinski definition) is 0. The number of rotatable bonds is 9. The normalized spacial score (nSPS) is 16.6. The van der Waals surface area contributed by atoms with Crippen LogP contribution in [0, 0.1) is 6.43 Å². The molecule has 0 unspecified atom stereocenters. The molecule has 0 bridgehead atoms. The van der Waals surface area contributed by atoms with Crippen LogP contribution in [0.25, 0.3) is 0 Å². The molecule has 1 radical (unpaired) electrons. The topological polar surface area (TPSA) is 0 Å². The Hall–Kier alpha value is -1.33. The molecule has 0 atom stereocenters. The van der Waals surface area contributed by atoms with Gasteiger partial charge in [0.2, 0.25) is 0 Å². The molecule has 0 aliphatic rings. The van der Waals surface area contributed by atoms with Gasteiger partial charge in [0, 0.05) is 0 Å². The van der Waals surface area contributed by atoms with Crippen LogP contribution in [0.15, 0.2) is 0 Å². The smallest absolute Gasteiger partial charge is 0.244 e. The van der Waals surface area contributed by atoms with E-state index < -0.39 is 60.5 Å². The van der Waals surface area contributed by atoms with Gasteiger partial charge in [-0.2, -0.15) is 79.0 Å². The van der Waals surface area contributed by atoms with Gasteiger partial charge in [-0.3, -0.25) is 0 Å². The Morgan fingerprint density at radius 1 is 0.414 bits per heavy atom. The zero-order valence-corrected chi connectivity index (χ0v) is 12.4. The van der Waals surface area contributed by atoms with E-state index in [1.807, 2.05) is 0 Å². The molecule has 0 aromatic carbocycles. The number of hydrogen-bond donors (Lipinski definition) is 0. The summed E-state index contributed by atoms with van der Waals surface area (Å²) in [5.74, 6) is -65.8. The fourth-order valence-corrected chi connectivity index (χ4v) is 1.42. The molecule has 0 aliphatic heterocycles. The Bertz CT molecular complexity index is 586. The summed E-state index contributed by atoms with van der Waals surface area (Å²) in [4.78, 5) is 0. The predicted octanol–water partition coefficient (Wildman–Crippen LogP) is 6.47. The highest BCUT2D eigenvalue weighted by Gasteiger charge is 2.95. The van der Waals surface area contributed by atoms with E-state index in [1.165, 1.54) is 0 Å². The van der Waals surface area contributed by atoms with Crippen LogP contribution in [-0.2, 0) is 0 Å². The third-order valence-electron chi connectivity index (χ3n) is 3.23. The minimum Gasteiger partial charge on any atom is -0.244 e. The summed E-state index contributed by atoms with van der Waals surface area (Å²) in [6.45, 7) is -4.00. The summed E-state index contributed by atoms with van der Waals surface area (Å²) in [5, 5.41) is 0. The fourth-order valence-electron chi connectivity index (χ4n) is 1.42. The van der Waals surface area contributed by atoms with Crippen molar-refractivity contribution in [1.29, 1.82) is 0 Å².